The highest BCUT2D eigenvalue weighted by Crippen LogP contribution is 2.45. The number of hydrogen-bond acceptors (Lipinski definition) is 15. The number of rotatable bonds is 72. The molecular weight excluding hydrogens is 1220 g/mol. The zero-order valence-corrected chi connectivity index (χ0v) is 62.5. The van der Waals surface area contributed by atoms with Gasteiger partial charge in [0.1, 0.15) is 19.3 Å². The number of carbonyl (C=O) groups is 4. The zero-order chi connectivity index (χ0) is 68.7. The van der Waals surface area contributed by atoms with Crippen LogP contribution >= 0.6 is 15.6 Å². The quantitative estimate of drug-likeness (QED) is 0.0222. The molecule has 0 spiro atoms. The minimum Gasteiger partial charge on any atom is -0.462 e. The van der Waals surface area contributed by atoms with Crippen molar-refractivity contribution >= 4 is 39.5 Å². The Morgan fingerprint density at radius 1 is 0.312 bits per heavy atom. The molecule has 0 saturated carbocycles. The Morgan fingerprint density at radius 3 is 0.817 bits per heavy atom. The van der Waals surface area contributed by atoms with Crippen molar-refractivity contribution < 1.29 is 80.2 Å². The van der Waals surface area contributed by atoms with Gasteiger partial charge >= 0.3 is 39.5 Å². The zero-order valence-electron chi connectivity index (χ0n) is 60.7. The largest absolute Gasteiger partial charge is 0.472 e. The van der Waals surface area contributed by atoms with Gasteiger partial charge in [-0.05, 0) is 43.4 Å². The van der Waals surface area contributed by atoms with Crippen LogP contribution in [0.5, 0.6) is 0 Å². The van der Waals surface area contributed by atoms with Gasteiger partial charge in [-0.3, -0.25) is 37.3 Å². The highest BCUT2D eigenvalue weighted by molar-refractivity contribution is 7.47. The van der Waals surface area contributed by atoms with Gasteiger partial charge in [-0.2, -0.15) is 0 Å². The molecule has 0 fully saturated rings. The lowest BCUT2D eigenvalue weighted by Gasteiger charge is -2.21. The number of unbranched alkanes of at least 4 members (excludes halogenated alkanes) is 39. The minimum atomic E-state index is -4.96. The van der Waals surface area contributed by atoms with Gasteiger partial charge in [-0.15, -0.1) is 0 Å². The summed E-state index contributed by atoms with van der Waals surface area (Å²) in [4.78, 5) is 72.6. The van der Waals surface area contributed by atoms with Crippen LogP contribution in [-0.4, -0.2) is 96.7 Å². The van der Waals surface area contributed by atoms with Gasteiger partial charge in [0.05, 0.1) is 26.4 Å². The third kappa shape index (κ3) is 67.0. The molecule has 3 N–H and O–H groups in total. The molecule has 0 aromatic rings. The molecule has 0 radical (unpaired) electrons. The van der Waals surface area contributed by atoms with Gasteiger partial charge < -0.3 is 33.8 Å². The van der Waals surface area contributed by atoms with E-state index >= 15 is 0 Å². The topological polar surface area (TPSA) is 237 Å². The fourth-order valence-corrected chi connectivity index (χ4v) is 12.8. The lowest BCUT2D eigenvalue weighted by molar-refractivity contribution is -0.161. The molecule has 0 aromatic heterocycles. The Balaban J connectivity index is 5.21. The van der Waals surface area contributed by atoms with Crippen LogP contribution in [0.1, 0.15) is 376 Å². The molecule has 0 rings (SSSR count). The summed E-state index contributed by atoms with van der Waals surface area (Å²) in [6, 6.07) is 0. The Bertz CT molecular complexity index is 1820. The predicted molar refractivity (Wildman–Crippen MR) is 377 cm³/mol. The van der Waals surface area contributed by atoms with Crippen LogP contribution < -0.4 is 0 Å². The lowest BCUT2D eigenvalue weighted by atomic mass is 10.00. The van der Waals surface area contributed by atoms with Crippen LogP contribution in [0.15, 0.2) is 0 Å². The summed E-state index contributed by atoms with van der Waals surface area (Å²) >= 11 is 0. The molecule has 0 heterocycles. The van der Waals surface area contributed by atoms with Crippen LogP contribution in [0.25, 0.3) is 0 Å². The van der Waals surface area contributed by atoms with E-state index in [4.69, 9.17) is 37.0 Å². The average molecular weight is 1370 g/mol. The summed E-state index contributed by atoms with van der Waals surface area (Å²) in [5.41, 5.74) is 0. The normalized spacial score (nSPS) is 14.4. The average Bonchev–Trinajstić information content (AvgIpc) is 3.64. The third-order valence-corrected chi connectivity index (χ3v) is 19.4. The van der Waals surface area contributed by atoms with E-state index in [9.17, 15) is 43.2 Å². The molecule has 552 valence electrons. The Hall–Kier alpha value is -1.94. The van der Waals surface area contributed by atoms with Gasteiger partial charge in [0, 0.05) is 25.7 Å². The van der Waals surface area contributed by atoms with Gasteiger partial charge in [-0.1, -0.05) is 325 Å². The van der Waals surface area contributed by atoms with Gasteiger partial charge in [0.25, 0.3) is 0 Å². The van der Waals surface area contributed by atoms with Crippen molar-refractivity contribution in [1.82, 2.24) is 0 Å². The molecule has 0 bridgehead atoms. The van der Waals surface area contributed by atoms with Crippen molar-refractivity contribution in [3.05, 3.63) is 0 Å². The van der Waals surface area contributed by atoms with Gasteiger partial charge in [-0.25, -0.2) is 9.13 Å². The monoisotopic (exact) mass is 1370 g/mol. The molecular formula is C74H144O17P2. The Labute approximate surface area is 568 Å². The van der Waals surface area contributed by atoms with Crippen LogP contribution in [-0.2, 0) is 65.4 Å². The van der Waals surface area contributed by atoms with Crippen LogP contribution in [0.2, 0.25) is 0 Å². The Morgan fingerprint density at radius 2 is 0.548 bits per heavy atom. The van der Waals surface area contributed by atoms with E-state index in [2.05, 4.69) is 48.5 Å². The summed E-state index contributed by atoms with van der Waals surface area (Å²) in [5.74, 6) is 0.0836. The minimum absolute atomic E-state index is 0.102. The molecule has 0 saturated heterocycles. The van der Waals surface area contributed by atoms with Crippen molar-refractivity contribution in [3.8, 4) is 0 Å². The van der Waals surface area contributed by atoms with Crippen LogP contribution in [0.4, 0.5) is 0 Å². The fraction of sp³-hybridized carbons (Fsp3) is 0.946. The first-order valence-corrected chi connectivity index (χ1v) is 41.4. The maximum absolute atomic E-state index is 13.1. The maximum atomic E-state index is 13.1. The first-order chi connectivity index (χ1) is 44.8. The fourth-order valence-electron chi connectivity index (χ4n) is 11.2. The number of phosphoric ester groups is 2. The molecule has 0 aliphatic rings. The molecule has 0 aromatic carbocycles. The maximum Gasteiger partial charge on any atom is 0.472 e. The van der Waals surface area contributed by atoms with Crippen molar-refractivity contribution in [2.45, 2.75) is 394 Å². The molecule has 6 atom stereocenters. The first kappa shape index (κ1) is 91.1. The molecule has 3 unspecified atom stereocenters. The number of aliphatic hydroxyl groups excluding tert-OH is 1. The standard InChI is InChI=1S/C74H144O17P2/c1-8-10-11-12-13-14-15-16-19-23-26-29-32-41-48-55-71(76)84-61-69(90-73(78)57-50-43-33-30-27-24-21-18-17-20-22-25-28-31-38-45-52-65(3)4)63-88-92(80,81)86-59-68(75)60-87-93(82,83)89-64-70(62-85-72(77)56-49-42-36-34-39-46-53-66(5)6)91-74(79)58-51-44-37-35-40-47-54-67(7)9-2/h65-70,75H,8-64H2,1-7H3,(H,80,81)(H,82,83)/t67?,68-,69-,70-/m1/s1. The van der Waals surface area contributed by atoms with Gasteiger partial charge in [0.15, 0.2) is 12.2 Å². The van der Waals surface area contributed by atoms with E-state index in [1.165, 1.54) is 180 Å². The number of carbonyl (C=O) groups excluding carboxylic acids is 4. The van der Waals surface area contributed by atoms with Crippen molar-refractivity contribution in [2.24, 2.45) is 17.8 Å². The van der Waals surface area contributed by atoms with E-state index in [0.29, 0.717) is 31.6 Å². The van der Waals surface area contributed by atoms with E-state index in [1.807, 2.05) is 0 Å². The molecule has 17 nitrogen and oxygen atoms in total. The summed E-state index contributed by atoms with van der Waals surface area (Å²) in [6.45, 7) is 11.8. The second kappa shape index (κ2) is 64.7. The highest BCUT2D eigenvalue weighted by atomic mass is 31.2. The summed E-state index contributed by atoms with van der Waals surface area (Å²) in [6.07, 6.45) is 50.2. The number of aliphatic hydroxyl groups is 1. The van der Waals surface area contributed by atoms with E-state index in [0.717, 1.165) is 108 Å². The second-order valence-corrected chi connectivity index (χ2v) is 30.8. The smallest absolute Gasteiger partial charge is 0.462 e. The highest BCUT2D eigenvalue weighted by Gasteiger charge is 2.30. The van der Waals surface area contributed by atoms with E-state index in [1.54, 1.807) is 0 Å². The van der Waals surface area contributed by atoms with E-state index < -0.39 is 97.5 Å². The predicted octanol–water partition coefficient (Wildman–Crippen LogP) is 21.4. The lowest BCUT2D eigenvalue weighted by Crippen LogP contribution is -2.30. The second-order valence-electron chi connectivity index (χ2n) is 27.9. The first-order valence-electron chi connectivity index (χ1n) is 38.4. The third-order valence-electron chi connectivity index (χ3n) is 17.5. The van der Waals surface area contributed by atoms with Crippen molar-refractivity contribution in [1.29, 1.82) is 0 Å². The van der Waals surface area contributed by atoms with Crippen molar-refractivity contribution in [3.63, 3.8) is 0 Å². The molecule has 19 heteroatoms. The molecule has 0 aliphatic heterocycles. The molecule has 93 heavy (non-hydrogen) atoms. The van der Waals surface area contributed by atoms with Gasteiger partial charge in [0.2, 0.25) is 0 Å². The summed E-state index contributed by atoms with van der Waals surface area (Å²) in [5, 5.41) is 10.6. The SMILES string of the molecule is CCCCCCCCCCCCCCCCCC(=O)OC[C@H](COP(=O)(O)OC[C@@H](O)COP(=O)(O)OC[C@@H](COC(=O)CCCCCCCCC(C)C)OC(=O)CCCCCCCCC(C)CC)OC(=O)CCCCCCCCCCCCCCCCCCC(C)C. The summed E-state index contributed by atoms with van der Waals surface area (Å²) in [7, 11) is -9.91. The number of ether oxygens (including phenoxy) is 4. The number of hydrogen-bond donors (Lipinski definition) is 3. The summed E-state index contributed by atoms with van der Waals surface area (Å²) < 4.78 is 68.4. The Kier molecular flexibility index (Phi) is 63.4. The van der Waals surface area contributed by atoms with Crippen LogP contribution in [0, 0.1) is 17.8 Å². The van der Waals surface area contributed by atoms with Crippen molar-refractivity contribution in [2.75, 3.05) is 39.6 Å². The van der Waals surface area contributed by atoms with Crippen LogP contribution in [0.3, 0.4) is 0 Å². The number of esters is 4. The van der Waals surface area contributed by atoms with E-state index in [-0.39, 0.29) is 25.7 Å². The number of phosphoric acid groups is 2. The molecule has 0 aliphatic carbocycles. The molecule has 0 amide bonds.